The molecular formula is C10H9N5O4. The van der Waals surface area contributed by atoms with E-state index < -0.39 is 10.8 Å². The van der Waals surface area contributed by atoms with E-state index in [9.17, 15) is 14.9 Å². The fraction of sp³-hybridized carbons (Fsp3) is 0.100. The van der Waals surface area contributed by atoms with Gasteiger partial charge in [0.2, 0.25) is 5.89 Å². The molecule has 98 valence electrons. The van der Waals surface area contributed by atoms with Crippen molar-refractivity contribution in [2.75, 3.05) is 11.1 Å². The molecule has 0 radical (unpaired) electrons. The fourth-order valence-corrected chi connectivity index (χ4v) is 1.41. The van der Waals surface area contributed by atoms with Gasteiger partial charge >= 0.3 is 6.01 Å². The van der Waals surface area contributed by atoms with E-state index in [1.165, 1.54) is 12.1 Å². The van der Waals surface area contributed by atoms with Crippen LogP contribution in [0, 0.1) is 17.0 Å². The van der Waals surface area contributed by atoms with Crippen molar-refractivity contribution in [1.82, 2.24) is 10.2 Å². The largest absolute Gasteiger partial charge is 0.408 e. The number of rotatable bonds is 3. The number of carbonyl (C=O) groups excluding carboxylic acids is 1. The molecule has 9 nitrogen and oxygen atoms in total. The van der Waals surface area contributed by atoms with Crippen LogP contribution in [0.5, 0.6) is 0 Å². The lowest BCUT2D eigenvalue weighted by Gasteiger charge is -2.03. The van der Waals surface area contributed by atoms with E-state index in [2.05, 4.69) is 15.5 Å². The van der Waals surface area contributed by atoms with Gasteiger partial charge in [0.1, 0.15) is 5.56 Å². The van der Waals surface area contributed by atoms with Crippen LogP contribution in [-0.4, -0.2) is 21.0 Å². The highest BCUT2D eigenvalue weighted by atomic mass is 16.6. The number of amides is 1. The zero-order valence-electron chi connectivity index (χ0n) is 9.78. The Morgan fingerprint density at radius 1 is 1.47 bits per heavy atom. The van der Waals surface area contributed by atoms with E-state index in [4.69, 9.17) is 10.2 Å². The third-order valence-corrected chi connectivity index (χ3v) is 2.21. The molecule has 1 aromatic heterocycles. The maximum atomic E-state index is 11.9. The van der Waals surface area contributed by atoms with Gasteiger partial charge in [-0.15, -0.1) is 5.10 Å². The van der Waals surface area contributed by atoms with Crippen LogP contribution in [0.25, 0.3) is 0 Å². The molecule has 2 rings (SSSR count). The summed E-state index contributed by atoms with van der Waals surface area (Å²) in [7, 11) is 0. The molecule has 2 aromatic rings. The van der Waals surface area contributed by atoms with E-state index >= 15 is 0 Å². The van der Waals surface area contributed by atoms with Gasteiger partial charge in [-0.25, -0.2) is 0 Å². The predicted octanol–water partition coefficient (Wildman–Crippen LogP) is 1.12. The second-order valence-corrected chi connectivity index (χ2v) is 3.61. The van der Waals surface area contributed by atoms with Crippen molar-refractivity contribution < 1.29 is 14.1 Å². The molecule has 1 heterocycles. The normalized spacial score (nSPS) is 10.2. The number of hydrogen-bond donors (Lipinski definition) is 2. The van der Waals surface area contributed by atoms with Crippen molar-refractivity contribution in [3.63, 3.8) is 0 Å². The van der Waals surface area contributed by atoms with Gasteiger partial charge in [-0.3, -0.25) is 20.2 Å². The molecule has 0 bridgehead atoms. The first kappa shape index (κ1) is 12.5. The summed E-state index contributed by atoms with van der Waals surface area (Å²) in [5.41, 5.74) is 5.20. The number of nitrogens with zero attached hydrogens (tertiary/aromatic N) is 3. The molecule has 3 N–H and O–H groups in total. The lowest BCUT2D eigenvalue weighted by molar-refractivity contribution is -0.385. The summed E-state index contributed by atoms with van der Waals surface area (Å²) >= 11 is 0. The Bertz CT molecular complexity index is 651. The highest BCUT2D eigenvalue weighted by Crippen LogP contribution is 2.22. The molecular weight excluding hydrogens is 254 g/mol. The van der Waals surface area contributed by atoms with Gasteiger partial charge in [0, 0.05) is 18.7 Å². The van der Waals surface area contributed by atoms with Crippen LogP contribution >= 0.6 is 0 Å². The molecule has 19 heavy (non-hydrogen) atoms. The Labute approximate surface area is 106 Å². The Kier molecular flexibility index (Phi) is 3.10. The number of carbonyl (C=O) groups is 1. The molecule has 0 saturated carbocycles. The van der Waals surface area contributed by atoms with Crippen LogP contribution in [0.3, 0.4) is 0 Å². The van der Waals surface area contributed by atoms with E-state index in [0.717, 1.165) is 6.07 Å². The van der Waals surface area contributed by atoms with Crippen LogP contribution in [0.4, 0.5) is 17.4 Å². The summed E-state index contributed by atoms with van der Waals surface area (Å²) in [4.78, 5) is 22.1. The summed E-state index contributed by atoms with van der Waals surface area (Å²) in [6.07, 6.45) is 0. The minimum absolute atomic E-state index is 0.140. The van der Waals surface area contributed by atoms with E-state index in [-0.39, 0.29) is 28.8 Å². The van der Waals surface area contributed by atoms with Crippen LogP contribution in [-0.2, 0) is 0 Å². The Balaban J connectivity index is 2.32. The molecule has 0 fully saturated rings. The van der Waals surface area contributed by atoms with Crippen molar-refractivity contribution in [3.05, 3.63) is 39.8 Å². The average molecular weight is 263 g/mol. The number of aryl methyl sites for hydroxylation is 1. The topological polar surface area (TPSA) is 137 Å². The molecule has 0 aliphatic carbocycles. The number of hydrogen-bond acceptors (Lipinski definition) is 7. The van der Waals surface area contributed by atoms with Gasteiger partial charge in [-0.05, 0) is 12.1 Å². The smallest absolute Gasteiger partial charge is 0.322 e. The minimum atomic E-state index is -0.748. The average Bonchev–Trinajstić information content (AvgIpc) is 2.74. The van der Waals surface area contributed by atoms with Gasteiger partial charge in [0.25, 0.3) is 11.6 Å². The second kappa shape index (κ2) is 4.72. The number of benzene rings is 1. The number of aromatic nitrogens is 2. The number of nitrogen functional groups attached to an aromatic ring is 1. The summed E-state index contributed by atoms with van der Waals surface area (Å²) < 4.78 is 4.95. The third-order valence-electron chi connectivity index (χ3n) is 2.21. The molecule has 0 atom stereocenters. The van der Waals surface area contributed by atoms with Crippen molar-refractivity contribution in [1.29, 1.82) is 0 Å². The molecule has 0 saturated heterocycles. The highest BCUT2D eigenvalue weighted by Gasteiger charge is 2.21. The maximum absolute atomic E-state index is 11.9. The SMILES string of the molecule is Cc1nnc(NC(=O)c2cc(N)ccc2[N+](=O)[O-])o1. The standard InChI is InChI=1S/C10H9N5O4/c1-5-13-14-10(19-5)12-9(16)7-4-6(11)2-3-8(7)15(17)18/h2-4H,11H2,1H3,(H,12,14,16). The van der Waals surface area contributed by atoms with Gasteiger partial charge in [-0.1, -0.05) is 5.10 Å². The summed E-state index contributed by atoms with van der Waals surface area (Å²) in [6.45, 7) is 1.55. The summed E-state index contributed by atoms with van der Waals surface area (Å²) in [6, 6.07) is 3.56. The molecule has 0 spiro atoms. The second-order valence-electron chi connectivity index (χ2n) is 3.61. The molecule has 0 unspecified atom stereocenters. The number of nitro benzene ring substituents is 1. The van der Waals surface area contributed by atoms with E-state index in [1.54, 1.807) is 6.92 Å². The van der Waals surface area contributed by atoms with Crippen molar-refractivity contribution >= 4 is 23.3 Å². The Morgan fingerprint density at radius 2 is 2.21 bits per heavy atom. The molecule has 1 amide bonds. The monoisotopic (exact) mass is 263 g/mol. The van der Waals surface area contributed by atoms with Crippen molar-refractivity contribution in [2.45, 2.75) is 6.92 Å². The van der Waals surface area contributed by atoms with Gasteiger partial charge in [-0.2, -0.15) is 0 Å². The lowest BCUT2D eigenvalue weighted by Crippen LogP contribution is -2.14. The molecule has 1 aromatic carbocycles. The van der Waals surface area contributed by atoms with Crippen LogP contribution in [0.2, 0.25) is 0 Å². The number of nitro groups is 1. The zero-order valence-corrected chi connectivity index (χ0v) is 9.78. The van der Waals surface area contributed by atoms with E-state index in [1.807, 2.05) is 0 Å². The quantitative estimate of drug-likeness (QED) is 0.480. The summed E-state index contributed by atoms with van der Waals surface area (Å²) in [5, 5.41) is 20.2. The maximum Gasteiger partial charge on any atom is 0.322 e. The van der Waals surface area contributed by atoms with Gasteiger partial charge in [0.05, 0.1) is 4.92 Å². The minimum Gasteiger partial charge on any atom is -0.408 e. The third kappa shape index (κ3) is 2.65. The molecule has 9 heteroatoms. The molecule has 0 aliphatic rings. The van der Waals surface area contributed by atoms with Crippen LogP contribution in [0.1, 0.15) is 16.2 Å². The van der Waals surface area contributed by atoms with Crippen molar-refractivity contribution in [3.8, 4) is 0 Å². The molecule has 0 aliphatic heterocycles. The number of anilines is 2. The lowest BCUT2D eigenvalue weighted by atomic mass is 10.1. The first-order chi connectivity index (χ1) is 8.97. The number of nitrogens with two attached hydrogens (primary N) is 1. The predicted molar refractivity (Wildman–Crippen MR) is 64.5 cm³/mol. The first-order valence-electron chi connectivity index (χ1n) is 5.13. The summed E-state index contributed by atoms with van der Waals surface area (Å²) in [5.74, 6) is -0.486. The van der Waals surface area contributed by atoms with Crippen LogP contribution in [0.15, 0.2) is 22.6 Å². The zero-order chi connectivity index (χ0) is 14.0. The van der Waals surface area contributed by atoms with Gasteiger partial charge < -0.3 is 10.2 Å². The van der Waals surface area contributed by atoms with E-state index in [0.29, 0.717) is 0 Å². The van der Waals surface area contributed by atoms with Crippen LogP contribution < -0.4 is 11.1 Å². The fourth-order valence-electron chi connectivity index (χ4n) is 1.41. The number of nitrogens with one attached hydrogen (secondary N) is 1. The highest BCUT2D eigenvalue weighted by molar-refractivity contribution is 6.06. The first-order valence-corrected chi connectivity index (χ1v) is 5.13. The Morgan fingerprint density at radius 3 is 2.79 bits per heavy atom. The van der Waals surface area contributed by atoms with Gasteiger partial charge in [0.15, 0.2) is 0 Å². The Hall–Kier alpha value is -2.97. The van der Waals surface area contributed by atoms with Crippen molar-refractivity contribution in [2.24, 2.45) is 0 Å².